The number of nitrogens with two attached hydrogens (primary N) is 1. The molecule has 1 aromatic rings. The molecule has 0 unspecified atom stereocenters. The van der Waals surface area contributed by atoms with Gasteiger partial charge in [0.1, 0.15) is 4.99 Å². The maximum atomic E-state index is 5.37. The van der Waals surface area contributed by atoms with E-state index in [9.17, 15) is 0 Å². The summed E-state index contributed by atoms with van der Waals surface area (Å²) in [7, 11) is 0. The van der Waals surface area contributed by atoms with Gasteiger partial charge >= 0.3 is 0 Å². The first-order chi connectivity index (χ1) is 4.70. The third-order valence-electron chi connectivity index (χ3n) is 1.16. The Kier molecular flexibility index (Phi) is 1.97. The molecule has 10 heavy (non-hydrogen) atoms. The summed E-state index contributed by atoms with van der Waals surface area (Å²) in [6.07, 6.45) is 3.43. The number of thiocarbonyl (C=S) groups is 1. The van der Waals surface area contributed by atoms with Crippen molar-refractivity contribution in [1.29, 1.82) is 0 Å². The Bertz CT molecular complexity index is 258. The Morgan fingerprint density at radius 1 is 1.60 bits per heavy atom. The first-order valence-corrected chi connectivity index (χ1v) is 3.32. The Labute approximate surface area is 65.1 Å². The van der Waals surface area contributed by atoms with E-state index in [0.717, 1.165) is 11.1 Å². The molecule has 0 radical (unpaired) electrons. The van der Waals surface area contributed by atoms with Crippen LogP contribution in [0.1, 0.15) is 11.1 Å². The summed E-state index contributed by atoms with van der Waals surface area (Å²) in [5.41, 5.74) is 7.28. The highest BCUT2D eigenvalue weighted by Crippen LogP contribution is 1.99. The van der Waals surface area contributed by atoms with E-state index in [2.05, 4.69) is 4.98 Å². The van der Waals surface area contributed by atoms with Crippen molar-refractivity contribution in [3.63, 3.8) is 0 Å². The minimum absolute atomic E-state index is 0.399. The lowest BCUT2D eigenvalue weighted by Crippen LogP contribution is -2.09. The van der Waals surface area contributed by atoms with Gasteiger partial charge in [0.15, 0.2) is 0 Å². The summed E-state index contributed by atoms with van der Waals surface area (Å²) in [5.74, 6) is 0. The van der Waals surface area contributed by atoms with Crippen molar-refractivity contribution in [1.82, 2.24) is 4.98 Å². The number of hydrogen-bond donors (Lipinski definition) is 1. The number of nitrogens with zero attached hydrogens (tertiary/aromatic N) is 1. The van der Waals surface area contributed by atoms with Gasteiger partial charge in [0.2, 0.25) is 0 Å². The van der Waals surface area contributed by atoms with Gasteiger partial charge in [-0.1, -0.05) is 12.2 Å². The SMILES string of the molecule is Cc1cncc(C(N)=S)c1. The fourth-order valence-corrected chi connectivity index (χ4v) is 0.801. The normalized spacial score (nSPS) is 9.30. The summed E-state index contributed by atoms with van der Waals surface area (Å²) < 4.78 is 0. The van der Waals surface area contributed by atoms with Crippen molar-refractivity contribution >= 4 is 17.2 Å². The van der Waals surface area contributed by atoms with Crippen molar-refractivity contribution in [2.45, 2.75) is 6.92 Å². The fraction of sp³-hybridized carbons (Fsp3) is 0.143. The van der Waals surface area contributed by atoms with Crippen LogP contribution in [0.4, 0.5) is 0 Å². The smallest absolute Gasteiger partial charge is 0.105 e. The van der Waals surface area contributed by atoms with E-state index in [1.807, 2.05) is 13.0 Å². The van der Waals surface area contributed by atoms with E-state index < -0.39 is 0 Å². The second-order valence-electron chi connectivity index (χ2n) is 2.12. The van der Waals surface area contributed by atoms with Gasteiger partial charge in [-0.3, -0.25) is 4.98 Å². The van der Waals surface area contributed by atoms with Gasteiger partial charge in [0.25, 0.3) is 0 Å². The second-order valence-corrected chi connectivity index (χ2v) is 2.56. The minimum atomic E-state index is 0.399. The highest BCUT2D eigenvalue weighted by atomic mass is 32.1. The van der Waals surface area contributed by atoms with E-state index in [-0.39, 0.29) is 0 Å². The third kappa shape index (κ3) is 1.51. The lowest BCUT2D eigenvalue weighted by molar-refractivity contribution is 1.26. The van der Waals surface area contributed by atoms with E-state index in [4.69, 9.17) is 18.0 Å². The molecule has 1 heterocycles. The van der Waals surface area contributed by atoms with Crippen LogP contribution in [0, 0.1) is 6.92 Å². The van der Waals surface area contributed by atoms with Crippen LogP contribution >= 0.6 is 12.2 Å². The molecule has 52 valence electrons. The van der Waals surface area contributed by atoms with Gasteiger partial charge in [-0.15, -0.1) is 0 Å². The quantitative estimate of drug-likeness (QED) is 0.611. The summed E-state index contributed by atoms with van der Waals surface area (Å²) in [5, 5.41) is 0. The Balaban J connectivity index is 3.07. The number of hydrogen-bond acceptors (Lipinski definition) is 2. The second kappa shape index (κ2) is 2.75. The van der Waals surface area contributed by atoms with E-state index in [1.165, 1.54) is 0 Å². The number of pyridine rings is 1. The highest BCUT2D eigenvalue weighted by molar-refractivity contribution is 7.80. The summed E-state index contributed by atoms with van der Waals surface area (Å²) in [4.78, 5) is 4.34. The van der Waals surface area contributed by atoms with Gasteiger partial charge in [-0.2, -0.15) is 0 Å². The summed E-state index contributed by atoms with van der Waals surface area (Å²) >= 11 is 4.76. The van der Waals surface area contributed by atoms with E-state index in [0.29, 0.717) is 4.99 Å². The maximum absolute atomic E-state index is 5.37. The molecule has 0 aliphatic rings. The Morgan fingerprint density at radius 3 is 2.70 bits per heavy atom. The summed E-state index contributed by atoms with van der Waals surface area (Å²) in [6.45, 7) is 1.95. The molecule has 0 amide bonds. The van der Waals surface area contributed by atoms with Gasteiger partial charge < -0.3 is 5.73 Å². The minimum Gasteiger partial charge on any atom is -0.389 e. The molecule has 0 atom stereocenters. The molecule has 0 bridgehead atoms. The molecule has 0 saturated carbocycles. The van der Waals surface area contributed by atoms with Crippen LogP contribution in [0.3, 0.4) is 0 Å². The lowest BCUT2D eigenvalue weighted by Gasteiger charge is -1.96. The number of rotatable bonds is 1. The molecule has 0 saturated heterocycles. The Hall–Kier alpha value is -0.960. The van der Waals surface area contributed by atoms with Crippen LogP contribution in [-0.4, -0.2) is 9.97 Å². The average molecular weight is 152 g/mol. The molecule has 2 nitrogen and oxygen atoms in total. The van der Waals surface area contributed by atoms with Crippen LogP contribution in [0.15, 0.2) is 18.5 Å². The number of aromatic nitrogens is 1. The standard InChI is InChI=1S/C7H8N2S/c1-5-2-6(7(8)10)4-9-3-5/h2-4H,1H3,(H2,8,10). The fourth-order valence-electron chi connectivity index (χ4n) is 0.690. The van der Waals surface area contributed by atoms with Gasteiger partial charge in [0.05, 0.1) is 0 Å². The molecule has 0 aliphatic carbocycles. The zero-order chi connectivity index (χ0) is 7.56. The van der Waals surface area contributed by atoms with E-state index in [1.54, 1.807) is 12.4 Å². The monoisotopic (exact) mass is 152 g/mol. The van der Waals surface area contributed by atoms with Crippen molar-refractivity contribution in [2.75, 3.05) is 0 Å². The molecular weight excluding hydrogens is 144 g/mol. The lowest BCUT2D eigenvalue weighted by atomic mass is 10.2. The van der Waals surface area contributed by atoms with Crippen molar-refractivity contribution in [3.05, 3.63) is 29.6 Å². The third-order valence-corrected chi connectivity index (χ3v) is 1.40. The molecule has 0 spiro atoms. The average Bonchev–Trinajstić information content (AvgIpc) is 1.88. The zero-order valence-electron chi connectivity index (χ0n) is 5.66. The molecule has 3 heteroatoms. The van der Waals surface area contributed by atoms with Crippen LogP contribution in [0.5, 0.6) is 0 Å². The predicted molar refractivity (Wildman–Crippen MR) is 44.9 cm³/mol. The van der Waals surface area contributed by atoms with E-state index >= 15 is 0 Å². The molecule has 2 N–H and O–H groups in total. The zero-order valence-corrected chi connectivity index (χ0v) is 6.48. The number of aryl methyl sites for hydroxylation is 1. The molecule has 0 aliphatic heterocycles. The molecule has 1 aromatic heterocycles. The molecular formula is C7H8N2S. The van der Waals surface area contributed by atoms with Crippen molar-refractivity contribution < 1.29 is 0 Å². The highest BCUT2D eigenvalue weighted by Gasteiger charge is 1.94. The largest absolute Gasteiger partial charge is 0.389 e. The molecule has 1 rings (SSSR count). The van der Waals surface area contributed by atoms with Crippen molar-refractivity contribution in [2.24, 2.45) is 5.73 Å². The van der Waals surface area contributed by atoms with Gasteiger partial charge in [0, 0.05) is 18.0 Å². The first kappa shape index (κ1) is 7.15. The van der Waals surface area contributed by atoms with Gasteiger partial charge in [-0.25, -0.2) is 0 Å². The molecule has 0 fully saturated rings. The van der Waals surface area contributed by atoms with Gasteiger partial charge in [-0.05, 0) is 18.6 Å². The van der Waals surface area contributed by atoms with Crippen LogP contribution in [0.25, 0.3) is 0 Å². The van der Waals surface area contributed by atoms with Crippen LogP contribution in [-0.2, 0) is 0 Å². The topological polar surface area (TPSA) is 38.9 Å². The van der Waals surface area contributed by atoms with Crippen LogP contribution in [0.2, 0.25) is 0 Å². The maximum Gasteiger partial charge on any atom is 0.105 e. The Morgan fingerprint density at radius 2 is 2.30 bits per heavy atom. The molecule has 0 aromatic carbocycles. The van der Waals surface area contributed by atoms with Crippen LogP contribution < -0.4 is 5.73 Å². The first-order valence-electron chi connectivity index (χ1n) is 2.91. The summed E-state index contributed by atoms with van der Waals surface area (Å²) in [6, 6.07) is 1.91. The van der Waals surface area contributed by atoms with Crippen molar-refractivity contribution in [3.8, 4) is 0 Å². The predicted octanol–water partition coefficient (Wildman–Crippen LogP) is 1.02.